The number of hydrogen-bond donors (Lipinski definition) is 1. The van der Waals surface area contributed by atoms with Gasteiger partial charge in [-0.15, -0.1) is 11.3 Å². The van der Waals surface area contributed by atoms with Crippen LogP contribution in [0.1, 0.15) is 5.56 Å². The van der Waals surface area contributed by atoms with Gasteiger partial charge in [-0.3, -0.25) is 4.90 Å². The van der Waals surface area contributed by atoms with Crippen molar-refractivity contribution in [1.82, 2.24) is 4.90 Å². The predicted octanol–water partition coefficient (Wildman–Crippen LogP) is 2.71. The van der Waals surface area contributed by atoms with Gasteiger partial charge in [0.1, 0.15) is 5.75 Å². The molecule has 0 radical (unpaired) electrons. The summed E-state index contributed by atoms with van der Waals surface area (Å²) in [6.07, 6.45) is 0. The molecule has 0 amide bonds. The zero-order valence-corrected chi connectivity index (χ0v) is 13.6. The van der Waals surface area contributed by atoms with Crippen molar-refractivity contribution >= 4 is 17.3 Å². The number of ether oxygens (including phenoxy) is 2. The number of carboxylic acids is 1. The van der Waals surface area contributed by atoms with Crippen molar-refractivity contribution in [3.05, 3.63) is 41.3 Å². The Morgan fingerprint density at radius 1 is 1.30 bits per heavy atom. The van der Waals surface area contributed by atoms with E-state index in [2.05, 4.69) is 17.0 Å². The summed E-state index contributed by atoms with van der Waals surface area (Å²) in [6, 6.07) is 10.0. The molecule has 1 saturated heterocycles. The summed E-state index contributed by atoms with van der Waals surface area (Å²) < 4.78 is 10.8. The molecule has 5 nitrogen and oxygen atoms in total. The summed E-state index contributed by atoms with van der Waals surface area (Å²) in [5.74, 6) is -0.330. The van der Waals surface area contributed by atoms with E-state index in [4.69, 9.17) is 14.6 Å². The first-order chi connectivity index (χ1) is 11.2. The first-order valence-electron chi connectivity index (χ1n) is 7.54. The summed E-state index contributed by atoms with van der Waals surface area (Å²) in [5, 5.41) is 10.9. The van der Waals surface area contributed by atoms with Crippen molar-refractivity contribution in [3.8, 4) is 16.2 Å². The molecular formula is C17H19NO4S. The summed E-state index contributed by atoms with van der Waals surface area (Å²) in [5.41, 5.74) is 2.14. The minimum absolute atomic E-state index is 0.325. The quantitative estimate of drug-likeness (QED) is 0.881. The van der Waals surface area contributed by atoms with Gasteiger partial charge in [0.15, 0.2) is 6.61 Å². The van der Waals surface area contributed by atoms with Gasteiger partial charge in [-0.1, -0.05) is 6.07 Å². The van der Waals surface area contributed by atoms with E-state index >= 15 is 0 Å². The molecular weight excluding hydrogens is 314 g/mol. The van der Waals surface area contributed by atoms with Gasteiger partial charge >= 0.3 is 5.97 Å². The number of rotatable bonds is 6. The molecule has 1 N–H and O–H groups in total. The lowest BCUT2D eigenvalue weighted by Crippen LogP contribution is -2.35. The highest BCUT2D eigenvalue weighted by atomic mass is 32.1. The maximum absolute atomic E-state index is 10.8. The van der Waals surface area contributed by atoms with Crippen LogP contribution in [-0.4, -0.2) is 48.9 Å². The van der Waals surface area contributed by atoms with Crippen LogP contribution in [0, 0.1) is 0 Å². The summed E-state index contributed by atoms with van der Waals surface area (Å²) >= 11 is 1.69. The fourth-order valence-electron chi connectivity index (χ4n) is 2.58. The zero-order chi connectivity index (χ0) is 16.1. The Morgan fingerprint density at radius 3 is 2.83 bits per heavy atom. The van der Waals surface area contributed by atoms with E-state index in [1.54, 1.807) is 11.3 Å². The Kier molecular flexibility index (Phi) is 5.27. The molecule has 122 valence electrons. The van der Waals surface area contributed by atoms with Gasteiger partial charge in [0, 0.05) is 30.1 Å². The van der Waals surface area contributed by atoms with Crippen molar-refractivity contribution < 1.29 is 19.4 Å². The lowest BCUT2D eigenvalue weighted by molar-refractivity contribution is -0.139. The molecule has 1 fully saturated rings. The van der Waals surface area contributed by atoms with Gasteiger partial charge in [0.25, 0.3) is 0 Å². The number of hydrogen-bond acceptors (Lipinski definition) is 5. The highest BCUT2D eigenvalue weighted by molar-refractivity contribution is 7.13. The second-order valence-corrected chi connectivity index (χ2v) is 6.32. The van der Waals surface area contributed by atoms with Gasteiger partial charge in [0.2, 0.25) is 0 Å². The minimum atomic E-state index is -0.968. The molecule has 1 aromatic heterocycles. The van der Waals surface area contributed by atoms with Crippen LogP contribution < -0.4 is 4.74 Å². The molecule has 2 heterocycles. The monoisotopic (exact) mass is 333 g/mol. The number of benzene rings is 1. The number of morpholine rings is 1. The largest absolute Gasteiger partial charge is 0.482 e. The topological polar surface area (TPSA) is 59.0 Å². The summed E-state index contributed by atoms with van der Waals surface area (Å²) in [4.78, 5) is 14.3. The molecule has 0 bridgehead atoms. The van der Waals surface area contributed by atoms with Crippen molar-refractivity contribution in [2.75, 3.05) is 32.9 Å². The van der Waals surface area contributed by atoms with Gasteiger partial charge in [0.05, 0.1) is 13.2 Å². The van der Waals surface area contributed by atoms with Crippen LogP contribution in [0.15, 0.2) is 35.7 Å². The van der Waals surface area contributed by atoms with Crippen molar-refractivity contribution in [2.24, 2.45) is 0 Å². The Bertz CT molecular complexity index is 651. The molecule has 2 aromatic rings. The van der Waals surface area contributed by atoms with Crippen molar-refractivity contribution in [2.45, 2.75) is 6.54 Å². The average molecular weight is 333 g/mol. The second-order valence-electron chi connectivity index (χ2n) is 5.37. The number of thiophene rings is 1. The van der Waals surface area contributed by atoms with Crippen LogP contribution in [-0.2, 0) is 16.1 Å². The maximum Gasteiger partial charge on any atom is 0.341 e. The molecule has 0 saturated carbocycles. The van der Waals surface area contributed by atoms with E-state index in [-0.39, 0.29) is 6.61 Å². The molecule has 1 aliphatic heterocycles. The van der Waals surface area contributed by atoms with E-state index in [0.29, 0.717) is 5.75 Å². The third kappa shape index (κ3) is 4.31. The van der Waals surface area contributed by atoms with Crippen LogP contribution in [0.3, 0.4) is 0 Å². The van der Waals surface area contributed by atoms with E-state index in [0.717, 1.165) is 44.0 Å². The molecule has 6 heteroatoms. The summed E-state index contributed by atoms with van der Waals surface area (Å²) in [6.45, 7) is 3.63. The molecule has 1 aliphatic rings. The molecule has 0 spiro atoms. The van der Waals surface area contributed by atoms with Crippen LogP contribution in [0.2, 0.25) is 0 Å². The predicted molar refractivity (Wildman–Crippen MR) is 89.0 cm³/mol. The van der Waals surface area contributed by atoms with Crippen LogP contribution in [0.25, 0.3) is 10.4 Å². The van der Waals surface area contributed by atoms with Gasteiger partial charge in [-0.25, -0.2) is 4.79 Å². The number of carbonyl (C=O) groups is 1. The van der Waals surface area contributed by atoms with Gasteiger partial charge in [-0.05, 0) is 35.2 Å². The lowest BCUT2D eigenvalue weighted by Gasteiger charge is -2.27. The van der Waals surface area contributed by atoms with E-state index in [1.165, 1.54) is 4.88 Å². The smallest absolute Gasteiger partial charge is 0.341 e. The molecule has 0 aliphatic carbocycles. The van der Waals surface area contributed by atoms with Gasteiger partial charge in [-0.2, -0.15) is 0 Å². The first-order valence-corrected chi connectivity index (χ1v) is 8.42. The Labute approximate surface area is 139 Å². The fourth-order valence-corrected chi connectivity index (χ4v) is 3.30. The lowest BCUT2D eigenvalue weighted by atomic mass is 10.1. The van der Waals surface area contributed by atoms with Crippen molar-refractivity contribution in [1.29, 1.82) is 0 Å². The zero-order valence-electron chi connectivity index (χ0n) is 12.7. The number of nitrogens with zero attached hydrogens (tertiary/aromatic N) is 1. The average Bonchev–Trinajstić information content (AvgIpc) is 3.09. The van der Waals surface area contributed by atoms with Gasteiger partial charge < -0.3 is 14.6 Å². The highest BCUT2D eigenvalue weighted by Gasteiger charge is 2.15. The van der Waals surface area contributed by atoms with Crippen molar-refractivity contribution in [3.63, 3.8) is 0 Å². The number of aliphatic carboxylic acids is 1. The standard InChI is InChI=1S/C17H19NO4S/c19-17(20)12-22-15-4-3-13(16-2-1-9-23-16)10-14(15)11-18-5-7-21-8-6-18/h1-4,9-10H,5-8,11-12H2,(H,19,20). The highest BCUT2D eigenvalue weighted by Crippen LogP contribution is 2.30. The Hall–Kier alpha value is -1.89. The second kappa shape index (κ2) is 7.59. The first kappa shape index (κ1) is 16.0. The van der Waals surface area contributed by atoms with E-state index in [9.17, 15) is 4.79 Å². The van der Waals surface area contributed by atoms with Crippen LogP contribution >= 0.6 is 11.3 Å². The van der Waals surface area contributed by atoms with Crippen LogP contribution in [0.5, 0.6) is 5.75 Å². The normalized spacial score (nSPS) is 15.5. The number of carboxylic acid groups (broad SMARTS) is 1. The SMILES string of the molecule is O=C(O)COc1ccc(-c2cccs2)cc1CN1CCOCC1. The van der Waals surface area contributed by atoms with E-state index < -0.39 is 5.97 Å². The Balaban J connectivity index is 1.83. The van der Waals surface area contributed by atoms with E-state index in [1.807, 2.05) is 23.6 Å². The molecule has 3 rings (SSSR count). The molecule has 1 aromatic carbocycles. The molecule has 0 atom stereocenters. The summed E-state index contributed by atoms with van der Waals surface area (Å²) in [7, 11) is 0. The van der Waals surface area contributed by atoms with Crippen LogP contribution in [0.4, 0.5) is 0 Å². The fraction of sp³-hybridized carbons (Fsp3) is 0.353. The minimum Gasteiger partial charge on any atom is -0.482 e. The molecule has 0 unspecified atom stereocenters. The third-order valence-corrected chi connectivity index (χ3v) is 4.63. The third-order valence-electron chi connectivity index (χ3n) is 3.71. The Morgan fingerprint density at radius 2 is 2.13 bits per heavy atom. The maximum atomic E-state index is 10.8. The molecule has 23 heavy (non-hydrogen) atoms.